The van der Waals surface area contributed by atoms with Crippen molar-refractivity contribution in [3.05, 3.63) is 100 Å². The first-order chi connectivity index (χ1) is 18.2. The van der Waals surface area contributed by atoms with Gasteiger partial charge in [0.1, 0.15) is 17.5 Å². The number of halogens is 6. The lowest BCUT2D eigenvalue weighted by Crippen LogP contribution is -2.27. The van der Waals surface area contributed by atoms with Crippen molar-refractivity contribution < 1.29 is 31.4 Å². The number of phenols is 1. The van der Waals surface area contributed by atoms with Crippen LogP contribution in [0, 0.1) is 13.8 Å². The molecule has 0 saturated heterocycles. The summed E-state index contributed by atoms with van der Waals surface area (Å²) in [6.45, 7) is 14.9. The van der Waals surface area contributed by atoms with Gasteiger partial charge in [0.15, 0.2) is 0 Å². The Kier molecular flexibility index (Phi) is 12.3. The number of allylic oxidation sites excluding steroid dienone is 6. The number of nitrogens with two attached hydrogens (primary N) is 1. The van der Waals surface area contributed by atoms with Gasteiger partial charge in [-0.05, 0) is 78.3 Å². The molecule has 2 aromatic rings. The highest BCUT2D eigenvalue weighted by molar-refractivity contribution is 5.83. The van der Waals surface area contributed by atoms with Gasteiger partial charge in [0.25, 0.3) is 0 Å². The number of rotatable bonds is 6. The third-order valence-corrected chi connectivity index (χ3v) is 6.01. The maximum absolute atomic E-state index is 15.1. The Bertz CT molecular complexity index is 1210. The number of benzene rings is 2. The van der Waals surface area contributed by atoms with Crippen molar-refractivity contribution >= 4 is 11.4 Å². The second-order valence-corrected chi connectivity index (χ2v) is 8.52. The van der Waals surface area contributed by atoms with E-state index in [9.17, 15) is 27.1 Å². The minimum atomic E-state index is -4.90. The number of hydrogen-bond donors (Lipinski definition) is 2. The van der Waals surface area contributed by atoms with Gasteiger partial charge in [0.2, 0.25) is 0 Å². The van der Waals surface area contributed by atoms with Crippen molar-refractivity contribution in [1.29, 1.82) is 0 Å². The van der Waals surface area contributed by atoms with Crippen LogP contribution in [0.4, 0.5) is 26.3 Å². The minimum Gasteiger partial charge on any atom is -0.508 e. The fraction of sp³-hybridized carbons (Fsp3) is 0.355. The van der Waals surface area contributed by atoms with Crippen molar-refractivity contribution in [2.75, 3.05) is 0 Å². The van der Waals surface area contributed by atoms with Gasteiger partial charge in [-0.2, -0.15) is 22.0 Å². The Morgan fingerprint density at radius 2 is 1.62 bits per heavy atom. The number of phenolic OH excluding ortho intramolecular Hbond substituents is 1. The smallest absolute Gasteiger partial charge is 0.399 e. The van der Waals surface area contributed by atoms with Gasteiger partial charge in [-0.15, -0.1) is 0 Å². The van der Waals surface area contributed by atoms with Crippen molar-refractivity contribution in [3.8, 4) is 5.75 Å². The summed E-state index contributed by atoms with van der Waals surface area (Å²) >= 11 is 0. The maximum atomic E-state index is 15.1. The lowest BCUT2D eigenvalue weighted by atomic mass is 9.89. The molecule has 1 aliphatic carbocycles. The average molecular weight is 554 g/mol. The van der Waals surface area contributed by atoms with Crippen LogP contribution in [0.1, 0.15) is 79.8 Å². The number of aryl methyl sites for hydroxylation is 1. The van der Waals surface area contributed by atoms with Gasteiger partial charge >= 0.3 is 12.2 Å². The monoisotopic (exact) mass is 553 g/mol. The van der Waals surface area contributed by atoms with E-state index in [1.54, 1.807) is 6.08 Å². The predicted octanol–water partition coefficient (Wildman–Crippen LogP) is 10.0. The highest BCUT2D eigenvalue weighted by Gasteiger charge is 2.40. The van der Waals surface area contributed by atoms with E-state index in [1.807, 2.05) is 39.8 Å². The summed E-state index contributed by atoms with van der Waals surface area (Å²) in [5, 5.41) is 9.97. The molecule has 214 valence electrons. The molecule has 0 saturated carbocycles. The van der Waals surface area contributed by atoms with E-state index in [0.29, 0.717) is 29.2 Å². The fourth-order valence-corrected chi connectivity index (χ4v) is 3.89. The largest absolute Gasteiger partial charge is 0.508 e. The van der Waals surface area contributed by atoms with Crippen LogP contribution in [0.2, 0.25) is 0 Å². The van der Waals surface area contributed by atoms with Crippen molar-refractivity contribution in [1.82, 2.24) is 0 Å². The molecular weight excluding hydrogens is 516 g/mol. The maximum Gasteiger partial charge on any atom is 0.399 e. The molecule has 2 nitrogen and oxygen atoms in total. The number of alkyl halides is 5. The molecule has 0 aromatic heterocycles. The number of hydrogen-bond acceptors (Lipinski definition) is 2. The van der Waals surface area contributed by atoms with E-state index in [1.165, 1.54) is 26.0 Å². The van der Waals surface area contributed by atoms with Crippen LogP contribution in [0.25, 0.3) is 11.4 Å². The van der Waals surface area contributed by atoms with Crippen LogP contribution in [-0.4, -0.2) is 11.3 Å². The van der Waals surface area contributed by atoms with E-state index < -0.39 is 35.1 Å². The number of aromatic hydroxyl groups is 1. The molecule has 1 atom stereocenters. The zero-order chi connectivity index (χ0) is 30.1. The van der Waals surface area contributed by atoms with Gasteiger partial charge in [0, 0.05) is 11.1 Å². The highest BCUT2D eigenvalue weighted by Crippen LogP contribution is 2.41. The predicted molar refractivity (Wildman–Crippen MR) is 148 cm³/mol. The molecule has 0 amide bonds. The minimum absolute atomic E-state index is 0.0293. The first-order valence-electron chi connectivity index (χ1n) is 12.8. The molecule has 0 aliphatic heterocycles. The third kappa shape index (κ3) is 8.62. The van der Waals surface area contributed by atoms with Crippen LogP contribution in [0.3, 0.4) is 0 Å². The molecule has 2 aromatic carbocycles. The summed E-state index contributed by atoms with van der Waals surface area (Å²) in [5.74, 6) is -4.13. The summed E-state index contributed by atoms with van der Waals surface area (Å²) in [6.07, 6.45) is 2.30. The van der Waals surface area contributed by atoms with Crippen LogP contribution < -0.4 is 5.73 Å². The first-order valence-corrected chi connectivity index (χ1v) is 12.8. The average Bonchev–Trinajstić information content (AvgIpc) is 2.90. The molecular formula is C31H37F6NO. The van der Waals surface area contributed by atoms with Crippen LogP contribution in [-0.2, 0) is 6.05 Å². The molecule has 8 heteroatoms. The lowest BCUT2D eigenvalue weighted by molar-refractivity contribution is -0.139. The zero-order valence-electron chi connectivity index (χ0n) is 23.2. The van der Waals surface area contributed by atoms with E-state index in [2.05, 4.69) is 6.58 Å². The summed E-state index contributed by atoms with van der Waals surface area (Å²) in [5.41, 5.74) is 5.03. The summed E-state index contributed by atoms with van der Waals surface area (Å²) < 4.78 is 85.2. The van der Waals surface area contributed by atoms with Gasteiger partial charge < -0.3 is 5.11 Å². The third-order valence-electron chi connectivity index (χ3n) is 6.01. The van der Waals surface area contributed by atoms with Gasteiger partial charge in [-0.25, -0.2) is 4.39 Å². The summed E-state index contributed by atoms with van der Waals surface area (Å²) in [7, 11) is 0. The fourth-order valence-electron chi connectivity index (χ4n) is 3.89. The molecule has 0 spiro atoms. The van der Waals surface area contributed by atoms with Gasteiger partial charge in [-0.1, -0.05) is 70.7 Å². The Morgan fingerprint density at radius 3 is 2.10 bits per heavy atom. The van der Waals surface area contributed by atoms with Crippen LogP contribution in [0.15, 0.2) is 66.8 Å². The lowest BCUT2D eigenvalue weighted by Gasteiger charge is -2.21. The Labute approximate surface area is 227 Å². The molecule has 0 fully saturated rings. The Morgan fingerprint density at radius 1 is 1.00 bits per heavy atom. The SMILES string of the molecule is C=C(C1=CCCC=C1)c1ccc(/C(F)=C/C(c2cc(C)c(C)c(O)c2)C(F)(F)F)cc1C(N)(F)F.CC.CC. The summed E-state index contributed by atoms with van der Waals surface area (Å²) in [6, 6.07) is 1.26. The molecule has 0 radical (unpaired) electrons. The standard InChI is InChI=1S/C27H25F6NO.2C2H6/c1-15-11-20(13-25(35)16(15)2)22(26(29,30)31)14-24(28)19-9-10-21(23(12-19)27(32,33)34)17(3)18-7-5-4-6-8-18;2*1-2/h5,7-14,22,35H,3-4,6,34H2,1-2H3;2*1-2H3/b24-14-;;. The quantitative estimate of drug-likeness (QED) is 0.276. The second-order valence-electron chi connectivity index (χ2n) is 8.52. The molecule has 3 rings (SSSR count). The molecule has 1 aliphatic rings. The Balaban J connectivity index is 0.00000181. The Hall–Kier alpha value is -3.26. The molecule has 0 heterocycles. The highest BCUT2D eigenvalue weighted by atomic mass is 19.4. The van der Waals surface area contributed by atoms with Crippen LogP contribution in [0.5, 0.6) is 5.75 Å². The normalized spacial score (nSPS) is 14.4. The van der Waals surface area contributed by atoms with Crippen molar-refractivity contribution in [3.63, 3.8) is 0 Å². The van der Waals surface area contributed by atoms with E-state index in [0.717, 1.165) is 24.6 Å². The van der Waals surface area contributed by atoms with Crippen molar-refractivity contribution in [2.24, 2.45) is 5.73 Å². The second kappa shape index (κ2) is 14.2. The van der Waals surface area contributed by atoms with E-state index >= 15 is 4.39 Å². The summed E-state index contributed by atoms with van der Waals surface area (Å²) in [4.78, 5) is 0. The van der Waals surface area contributed by atoms with Crippen LogP contribution >= 0.6 is 0 Å². The molecule has 0 bridgehead atoms. The van der Waals surface area contributed by atoms with Crippen molar-refractivity contribution in [2.45, 2.75) is 72.5 Å². The topological polar surface area (TPSA) is 46.2 Å². The molecule has 1 unspecified atom stereocenters. The van der Waals surface area contributed by atoms with E-state index in [-0.39, 0.29) is 22.4 Å². The molecule has 3 N–H and O–H groups in total. The van der Waals surface area contributed by atoms with Gasteiger partial charge in [-0.3, -0.25) is 5.73 Å². The van der Waals surface area contributed by atoms with Gasteiger partial charge in [0.05, 0.1) is 0 Å². The zero-order valence-corrected chi connectivity index (χ0v) is 23.2. The first kappa shape index (κ1) is 33.8. The van der Waals surface area contributed by atoms with E-state index in [4.69, 9.17) is 5.73 Å². The molecule has 39 heavy (non-hydrogen) atoms.